The van der Waals surface area contributed by atoms with Crippen molar-refractivity contribution in [2.24, 2.45) is 0 Å². The molecule has 0 aliphatic carbocycles. The first-order valence-electron chi connectivity index (χ1n) is 8.95. The van der Waals surface area contributed by atoms with Crippen molar-refractivity contribution in [2.75, 3.05) is 13.7 Å². The van der Waals surface area contributed by atoms with Crippen LogP contribution in [0.15, 0.2) is 30.3 Å². The number of hydrogen-bond acceptors (Lipinski definition) is 8. The van der Waals surface area contributed by atoms with E-state index < -0.39 is 37.3 Å². The number of rotatable bonds is 4. The Labute approximate surface area is 172 Å². The van der Waals surface area contributed by atoms with E-state index in [1.807, 2.05) is 0 Å². The second kappa shape index (κ2) is 8.59. The zero-order valence-electron chi connectivity index (χ0n) is 15.9. The molecule has 0 bridgehead atoms. The van der Waals surface area contributed by atoms with Gasteiger partial charge in [0.15, 0.2) is 6.23 Å². The Balaban J connectivity index is 2.12. The number of aryl methyl sites for hydroxylation is 1. The molecule has 0 saturated carbocycles. The summed E-state index contributed by atoms with van der Waals surface area (Å²) in [7, 11) is 1.56. The van der Waals surface area contributed by atoms with Gasteiger partial charge < -0.3 is 34.5 Å². The van der Waals surface area contributed by atoms with Gasteiger partial charge in [0.1, 0.15) is 40.9 Å². The minimum Gasteiger partial charge on any atom is -0.497 e. The van der Waals surface area contributed by atoms with Gasteiger partial charge in [0.25, 0.3) is 0 Å². The molecule has 1 aromatic heterocycles. The average molecular weight is 418 g/mol. The van der Waals surface area contributed by atoms with Crippen molar-refractivity contribution >= 4 is 12.2 Å². The smallest absolute Gasteiger partial charge is 0.164 e. The molecule has 3 rings (SSSR count). The Morgan fingerprint density at radius 1 is 1.17 bits per heavy atom. The SMILES string of the molecule is COc1ccc(-c2cc(C)n(C3OC(CO)C(O)C(O)C3O)c(=S)c2C#N)cc1. The highest BCUT2D eigenvalue weighted by molar-refractivity contribution is 7.71. The molecule has 5 unspecified atom stereocenters. The summed E-state index contributed by atoms with van der Waals surface area (Å²) in [6.45, 7) is 1.17. The maximum Gasteiger partial charge on any atom is 0.164 e. The molecule has 2 aromatic rings. The number of ether oxygens (including phenoxy) is 2. The Morgan fingerprint density at radius 3 is 2.38 bits per heavy atom. The van der Waals surface area contributed by atoms with Crippen LogP contribution in [0, 0.1) is 22.9 Å². The van der Waals surface area contributed by atoms with Gasteiger partial charge in [-0.15, -0.1) is 0 Å². The van der Waals surface area contributed by atoms with Crippen LogP contribution in [0.1, 0.15) is 17.5 Å². The Hall–Kier alpha value is -2.32. The first-order valence-corrected chi connectivity index (χ1v) is 9.36. The monoisotopic (exact) mass is 418 g/mol. The number of pyridine rings is 1. The van der Waals surface area contributed by atoms with E-state index in [1.54, 1.807) is 44.4 Å². The number of aliphatic hydroxyl groups excluding tert-OH is 4. The van der Waals surface area contributed by atoms with Crippen molar-refractivity contribution in [1.29, 1.82) is 5.26 Å². The molecule has 1 saturated heterocycles. The Morgan fingerprint density at radius 2 is 1.83 bits per heavy atom. The van der Waals surface area contributed by atoms with Gasteiger partial charge in [-0.2, -0.15) is 5.26 Å². The molecule has 5 atom stereocenters. The van der Waals surface area contributed by atoms with Crippen LogP contribution < -0.4 is 4.74 Å². The third-order valence-electron chi connectivity index (χ3n) is 5.07. The van der Waals surface area contributed by atoms with Gasteiger partial charge in [0.05, 0.1) is 19.3 Å². The summed E-state index contributed by atoms with van der Waals surface area (Å²) in [4.78, 5) is 0. The highest BCUT2D eigenvalue weighted by atomic mass is 32.1. The van der Waals surface area contributed by atoms with Crippen LogP contribution in [0.4, 0.5) is 0 Å². The molecule has 0 spiro atoms. The summed E-state index contributed by atoms with van der Waals surface area (Å²) in [5, 5.41) is 49.7. The summed E-state index contributed by atoms with van der Waals surface area (Å²) in [5.74, 6) is 0.676. The van der Waals surface area contributed by atoms with E-state index in [0.717, 1.165) is 5.56 Å². The third kappa shape index (κ3) is 3.79. The predicted octanol–water partition coefficient (Wildman–Crippen LogP) is 1.05. The fraction of sp³-hybridized carbons (Fsp3) is 0.400. The number of aliphatic hydroxyl groups is 4. The van der Waals surface area contributed by atoms with Gasteiger partial charge in [0.2, 0.25) is 0 Å². The normalized spacial score (nSPS) is 26.7. The molecule has 8 nitrogen and oxygen atoms in total. The Kier molecular flexibility index (Phi) is 6.33. The lowest BCUT2D eigenvalue weighted by Gasteiger charge is -2.41. The molecule has 1 aliphatic rings. The molecular weight excluding hydrogens is 396 g/mol. The fourth-order valence-electron chi connectivity index (χ4n) is 3.46. The molecule has 1 fully saturated rings. The zero-order valence-corrected chi connectivity index (χ0v) is 16.7. The molecule has 4 N–H and O–H groups in total. The van der Waals surface area contributed by atoms with E-state index in [1.165, 1.54) is 4.57 Å². The summed E-state index contributed by atoms with van der Waals surface area (Å²) in [6, 6.07) is 11.0. The minimum absolute atomic E-state index is 0.114. The summed E-state index contributed by atoms with van der Waals surface area (Å²) in [6.07, 6.45) is -6.77. The second-order valence-electron chi connectivity index (χ2n) is 6.81. The van der Waals surface area contributed by atoms with Crippen molar-refractivity contribution in [2.45, 2.75) is 37.6 Å². The Bertz CT molecular complexity index is 982. The predicted molar refractivity (Wildman–Crippen MR) is 106 cm³/mol. The quantitative estimate of drug-likeness (QED) is 0.543. The second-order valence-corrected chi connectivity index (χ2v) is 7.20. The van der Waals surface area contributed by atoms with Crippen molar-refractivity contribution in [3.05, 3.63) is 46.2 Å². The third-order valence-corrected chi connectivity index (χ3v) is 5.47. The maximum absolute atomic E-state index is 10.5. The van der Waals surface area contributed by atoms with E-state index in [9.17, 15) is 25.7 Å². The lowest BCUT2D eigenvalue weighted by molar-refractivity contribution is -0.252. The van der Waals surface area contributed by atoms with Gasteiger partial charge >= 0.3 is 0 Å². The van der Waals surface area contributed by atoms with E-state index >= 15 is 0 Å². The molecule has 0 radical (unpaired) electrons. The number of nitriles is 1. The highest BCUT2D eigenvalue weighted by Crippen LogP contribution is 2.33. The molecule has 2 heterocycles. The van der Waals surface area contributed by atoms with E-state index in [2.05, 4.69) is 6.07 Å². The largest absolute Gasteiger partial charge is 0.497 e. The number of hydrogen-bond donors (Lipinski definition) is 4. The molecular formula is C20H22N2O6S. The number of nitrogens with zero attached hydrogens (tertiary/aromatic N) is 2. The van der Waals surface area contributed by atoms with Crippen LogP contribution in [0.3, 0.4) is 0 Å². The summed E-state index contributed by atoms with van der Waals surface area (Å²) >= 11 is 5.51. The van der Waals surface area contributed by atoms with Gasteiger partial charge in [-0.3, -0.25) is 0 Å². The number of methoxy groups -OCH3 is 1. The summed E-state index contributed by atoms with van der Waals surface area (Å²) in [5.41, 5.74) is 2.15. The van der Waals surface area contributed by atoms with E-state index in [4.69, 9.17) is 21.7 Å². The van der Waals surface area contributed by atoms with Crippen LogP contribution in [0.5, 0.6) is 5.75 Å². The fourth-order valence-corrected chi connectivity index (χ4v) is 3.87. The minimum atomic E-state index is -1.54. The maximum atomic E-state index is 10.5. The van der Waals surface area contributed by atoms with Crippen molar-refractivity contribution in [3.8, 4) is 22.9 Å². The van der Waals surface area contributed by atoms with Crippen LogP contribution in [-0.2, 0) is 4.74 Å². The van der Waals surface area contributed by atoms with Crippen molar-refractivity contribution < 1.29 is 29.9 Å². The molecule has 1 aromatic carbocycles. The van der Waals surface area contributed by atoms with Crippen LogP contribution in [0.2, 0.25) is 0 Å². The molecule has 154 valence electrons. The van der Waals surface area contributed by atoms with E-state index in [-0.39, 0.29) is 10.2 Å². The zero-order chi connectivity index (χ0) is 21.3. The van der Waals surface area contributed by atoms with Crippen LogP contribution in [0.25, 0.3) is 11.1 Å². The summed E-state index contributed by atoms with van der Waals surface area (Å²) < 4.78 is 12.3. The van der Waals surface area contributed by atoms with E-state index in [0.29, 0.717) is 17.0 Å². The number of benzene rings is 1. The highest BCUT2D eigenvalue weighted by Gasteiger charge is 2.44. The van der Waals surface area contributed by atoms with Crippen LogP contribution >= 0.6 is 12.2 Å². The molecule has 9 heteroatoms. The van der Waals surface area contributed by atoms with Gasteiger partial charge in [-0.25, -0.2) is 0 Å². The molecule has 1 aliphatic heterocycles. The van der Waals surface area contributed by atoms with Crippen molar-refractivity contribution in [1.82, 2.24) is 4.57 Å². The standard InChI is InChI=1S/C20H22N2O6S/c1-10-7-13(11-3-5-12(27-2)6-4-11)14(8-21)20(29)22(10)19-18(26)17(25)16(24)15(9-23)28-19/h3-7,15-19,23-26H,9H2,1-2H3. The first kappa shape index (κ1) is 21.4. The average Bonchev–Trinajstić information content (AvgIpc) is 2.73. The van der Waals surface area contributed by atoms with Gasteiger partial charge in [0, 0.05) is 11.3 Å². The molecule has 29 heavy (non-hydrogen) atoms. The number of aromatic nitrogens is 1. The molecule has 0 amide bonds. The lowest BCUT2D eigenvalue weighted by Crippen LogP contribution is -2.56. The topological polar surface area (TPSA) is 128 Å². The van der Waals surface area contributed by atoms with Gasteiger partial charge in [-0.1, -0.05) is 24.4 Å². The first-order chi connectivity index (χ1) is 13.8. The van der Waals surface area contributed by atoms with Crippen LogP contribution in [-0.4, -0.2) is 63.1 Å². The van der Waals surface area contributed by atoms with Crippen molar-refractivity contribution in [3.63, 3.8) is 0 Å². The van der Waals surface area contributed by atoms with Gasteiger partial charge in [-0.05, 0) is 30.7 Å². The lowest BCUT2D eigenvalue weighted by atomic mass is 9.97.